The van der Waals surface area contributed by atoms with E-state index in [1.165, 1.54) is 24.6 Å². The maximum absolute atomic E-state index is 13.1. The predicted molar refractivity (Wildman–Crippen MR) is 79.6 cm³/mol. The van der Waals surface area contributed by atoms with Crippen molar-refractivity contribution in [1.82, 2.24) is 5.32 Å². The SMILES string of the molecule is C[C@H]1CCCC[C@H]1NC(=O)/C(C#N)=C/c1cccc(F)c1. The largest absolute Gasteiger partial charge is 0.348 e. The zero-order valence-electron chi connectivity index (χ0n) is 12.1. The normalized spacial score (nSPS) is 22.4. The minimum atomic E-state index is -0.387. The van der Waals surface area contributed by atoms with Gasteiger partial charge in [-0.25, -0.2) is 4.39 Å². The van der Waals surface area contributed by atoms with Gasteiger partial charge in [0.2, 0.25) is 0 Å². The second kappa shape index (κ2) is 7.03. The monoisotopic (exact) mass is 286 g/mol. The lowest BCUT2D eigenvalue weighted by molar-refractivity contribution is -0.118. The van der Waals surface area contributed by atoms with Crippen molar-refractivity contribution in [2.75, 3.05) is 0 Å². The van der Waals surface area contributed by atoms with E-state index in [-0.39, 0.29) is 23.3 Å². The smallest absolute Gasteiger partial charge is 0.262 e. The molecule has 0 saturated heterocycles. The van der Waals surface area contributed by atoms with Crippen LogP contribution in [0.4, 0.5) is 4.39 Å². The minimum absolute atomic E-state index is 0.0124. The maximum atomic E-state index is 13.1. The van der Waals surface area contributed by atoms with Gasteiger partial charge in [0.15, 0.2) is 0 Å². The highest BCUT2D eigenvalue weighted by molar-refractivity contribution is 6.01. The van der Waals surface area contributed by atoms with Gasteiger partial charge in [0, 0.05) is 6.04 Å². The molecule has 4 heteroatoms. The molecule has 21 heavy (non-hydrogen) atoms. The first-order valence-corrected chi connectivity index (χ1v) is 7.28. The molecule has 1 saturated carbocycles. The van der Waals surface area contributed by atoms with E-state index in [4.69, 9.17) is 5.26 Å². The molecule has 2 atom stereocenters. The average Bonchev–Trinajstić information content (AvgIpc) is 2.47. The standard InChI is InChI=1S/C17H19FN2O/c1-12-5-2-3-8-16(12)20-17(21)14(11-19)9-13-6-4-7-15(18)10-13/h4,6-7,9-10,12,16H,2-3,5,8H2,1H3,(H,20,21)/b14-9+/t12-,16+/m0/s1. The number of halogens is 1. The Labute approximate surface area is 124 Å². The van der Waals surface area contributed by atoms with Crippen LogP contribution < -0.4 is 5.32 Å². The average molecular weight is 286 g/mol. The first-order valence-electron chi connectivity index (χ1n) is 7.28. The van der Waals surface area contributed by atoms with Crippen molar-refractivity contribution >= 4 is 12.0 Å². The second-order valence-electron chi connectivity index (χ2n) is 5.57. The van der Waals surface area contributed by atoms with Crippen LogP contribution in [0.25, 0.3) is 6.08 Å². The fourth-order valence-corrected chi connectivity index (χ4v) is 2.69. The van der Waals surface area contributed by atoms with Crippen LogP contribution in [-0.4, -0.2) is 11.9 Å². The van der Waals surface area contributed by atoms with Gasteiger partial charge >= 0.3 is 0 Å². The molecule has 0 heterocycles. The summed E-state index contributed by atoms with van der Waals surface area (Å²) in [4.78, 5) is 12.2. The van der Waals surface area contributed by atoms with Crippen molar-refractivity contribution in [2.24, 2.45) is 5.92 Å². The molecule has 1 N–H and O–H groups in total. The fraction of sp³-hybridized carbons (Fsp3) is 0.412. The highest BCUT2D eigenvalue weighted by Gasteiger charge is 2.23. The van der Waals surface area contributed by atoms with Crippen LogP contribution in [0.5, 0.6) is 0 Å². The van der Waals surface area contributed by atoms with Gasteiger partial charge < -0.3 is 5.32 Å². The number of nitriles is 1. The van der Waals surface area contributed by atoms with Crippen LogP contribution in [-0.2, 0) is 4.79 Å². The van der Waals surface area contributed by atoms with Crippen molar-refractivity contribution in [3.63, 3.8) is 0 Å². The molecule has 1 aliphatic carbocycles. The molecule has 1 amide bonds. The second-order valence-corrected chi connectivity index (χ2v) is 5.57. The van der Waals surface area contributed by atoms with Crippen LogP contribution in [0.15, 0.2) is 29.8 Å². The summed E-state index contributed by atoms with van der Waals surface area (Å²) in [6.45, 7) is 2.12. The lowest BCUT2D eigenvalue weighted by Crippen LogP contribution is -2.41. The number of rotatable bonds is 3. The van der Waals surface area contributed by atoms with Crippen LogP contribution in [0, 0.1) is 23.1 Å². The van der Waals surface area contributed by atoms with Gasteiger partial charge in [0.1, 0.15) is 17.5 Å². The summed E-state index contributed by atoms with van der Waals surface area (Å²) in [5.41, 5.74) is 0.525. The van der Waals surface area contributed by atoms with Crippen molar-refractivity contribution in [2.45, 2.75) is 38.6 Å². The molecule has 2 rings (SSSR count). The summed E-state index contributed by atoms with van der Waals surface area (Å²) in [6.07, 6.45) is 5.76. The van der Waals surface area contributed by atoms with E-state index in [1.807, 2.05) is 6.07 Å². The zero-order chi connectivity index (χ0) is 15.2. The summed E-state index contributed by atoms with van der Waals surface area (Å²) < 4.78 is 13.1. The number of amides is 1. The number of nitrogens with one attached hydrogen (secondary N) is 1. The third-order valence-corrected chi connectivity index (χ3v) is 3.95. The topological polar surface area (TPSA) is 52.9 Å². The molecule has 1 aromatic rings. The van der Waals surface area contributed by atoms with E-state index in [2.05, 4.69) is 12.2 Å². The Bertz CT molecular complexity index is 589. The summed E-state index contributed by atoms with van der Waals surface area (Å²) in [7, 11) is 0. The van der Waals surface area contributed by atoms with E-state index >= 15 is 0 Å². The molecular formula is C17H19FN2O. The first kappa shape index (κ1) is 15.2. The van der Waals surface area contributed by atoms with Gasteiger partial charge in [-0.2, -0.15) is 5.26 Å². The van der Waals surface area contributed by atoms with Crippen molar-refractivity contribution < 1.29 is 9.18 Å². The van der Waals surface area contributed by atoms with Crippen LogP contribution in [0.1, 0.15) is 38.2 Å². The number of hydrogen-bond acceptors (Lipinski definition) is 2. The van der Waals surface area contributed by atoms with Gasteiger partial charge in [-0.3, -0.25) is 4.79 Å². The molecule has 1 aromatic carbocycles. The Morgan fingerprint density at radius 1 is 1.43 bits per heavy atom. The summed E-state index contributed by atoms with van der Waals surface area (Å²) in [6, 6.07) is 7.86. The minimum Gasteiger partial charge on any atom is -0.348 e. The number of carbonyl (C=O) groups excluding carboxylic acids is 1. The van der Waals surface area contributed by atoms with Gasteiger partial charge in [-0.15, -0.1) is 0 Å². The van der Waals surface area contributed by atoms with Gasteiger partial charge in [0.05, 0.1) is 0 Å². The molecule has 0 aromatic heterocycles. The van der Waals surface area contributed by atoms with Crippen LogP contribution >= 0.6 is 0 Å². The van der Waals surface area contributed by atoms with E-state index in [9.17, 15) is 9.18 Å². The van der Waals surface area contributed by atoms with Crippen molar-refractivity contribution in [1.29, 1.82) is 5.26 Å². The lowest BCUT2D eigenvalue weighted by Gasteiger charge is -2.29. The molecule has 1 aliphatic rings. The molecular weight excluding hydrogens is 267 g/mol. The van der Waals surface area contributed by atoms with Gasteiger partial charge in [0.25, 0.3) is 5.91 Å². The molecule has 0 bridgehead atoms. The Morgan fingerprint density at radius 3 is 2.86 bits per heavy atom. The van der Waals surface area contributed by atoms with Crippen LogP contribution in [0.2, 0.25) is 0 Å². The highest BCUT2D eigenvalue weighted by atomic mass is 19.1. The zero-order valence-corrected chi connectivity index (χ0v) is 12.1. The Morgan fingerprint density at radius 2 is 2.19 bits per heavy atom. The number of benzene rings is 1. The maximum Gasteiger partial charge on any atom is 0.262 e. The fourth-order valence-electron chi connectivity index (χ4n) is 2.69. The predicted octanol–water partition coefficient (Wildman–Crippen LogP) is 3.43. The molecule has 0 spiro atoms. The molecule has 110 valence electrons. The third kappa shape index (κ3) is 4.16. The van der Waals surface area contributed by atoms with Crippen molar-refractivity contribution in [3.05, 3.63) is 41.2 Å². The number of hydrogen-bond donors (Lipinski definition) is 1. The highest BCUT2D eigenvalue weighted by Crippen LogP contribution is 2.24. The molecule has 0 radical (unpaired) electrons. The van der Waals surface area contributed by atoms with Gasteiger partial charge in [-0.1, -0.05) is 31.9 Å². The molecule has 3 nitrogen and oxygen atoms in total. The number of nitrogens with zero attached hydrogens (tertiary/aromatic N) is 1. The summed E-state index contributed by atoms with van der Waals surface area (Å²) >= 11 is 0. The Kier molecular flexibility index (Phi) is 5.10. The Hall–Kier alpha value is -2.15. The molecule has 0 unspecified atom stereocenters. The van der Waals surface area contributed by atoms with Crippen molar-refractivity contribution in [3.8, 4) is 6.07 Å². The van der Waals surface area contributed by atoms with E-state index in [0.29, 0.717) is 11.5 Å². The first-order chi connectivity index (χ1) is 10.1. The van der Waals surface area contributed by atoms with E-state index in [1.54, 1.807) is 12.1 Å². The Balaban J connectivity index is 2.10. The summed E-state index contributed by atoms with van der Waals surface area (Å²) in [5, 5.41) is 12.1. The summed E-state index contributed by atoms with van der Waals surface area (Å²) in [5.74, 6) is -0.334. The quantitative estimate of drug-likeness (QED) is 0.683. The third-order valence-electron chi connectivity index (χ3n) is 3.95. The lowest BCUT2D eigenvalue weighted by atomic mass is 9.86. The van der Waals surface area contributed by atoms with Gasteiger partial charge in [-0.05, 0) is 42.5 Å². The van der Waals surface area contributed by atoms with E-state index < -0.39 is 0 Å². The van der Waals surface area contributed by atoms with Crippen LogP contribution in [0.3, 0.4) is 0 Å². The molecule has 1 fully saturated rings. The molecule has 0 aliphatic heterocycles. The van der Waals surface area contributed by atoms with E-state index in [0.717, 1.165) is 19.3 Å². The number of carbonyl (C=O) groups is 1.